The van der Waals surface area contributed by atoms with Crippen molar-refractivity contribution in [3.8, 4) is 0 Å². The first-order valence-electron chi connectivity index (χ1n) is 6.33. The summed E-state index contributed by atoms with van der Waals surface area (Å²) in [6.45, 7) is 2.20. The van der Waals surface area contributed by atoms with E-state index in [4.69, 9.17) is 0 Å². The van der Waals surface area contributed by atoms with Crippen LogP contribution in [0.25, 0.3) is 0 Å². The molecule has 0 spiro atoms. The van der Waals surface area contributed by atoms with Crippen LogP contribution in [0.5, 0.6) is 0 Å². The van der Waals surface area contributed by atoms with E-state index >= 15 is 0 Å². The zero-order valence-corrected chi connectivity index (χ0v) is 11.4. The minimum atomic E-state index is -1.08. The Morgan fingerprint density at radius 3 is 2.52 bits per heavy atom. The van der Waals surface area contributed by atoms with E-state index in [-0.39, 0.29) is 12.5 Å². The standard InChI is InChI=1S/C11H15N5O5/c1-13-2-4-14(5-3-13)9(17)7-15-6-8(16(20)21)10(18)12-11(15)19/h6H,2-5,7H2,1H3,(H,12,18,19). The molecule has 1 aliphatic heterocycles. The van der Waals surface area contributed by atoms with E-state index in [1.165, 1.54) is 0 Å². The van der Waals surface area contributed by atoms with Gasteiger partial charge in [0.1, 0.15) is 6.54 Å². The lowest BCUT2D eigenvalue weighted by Crippen LogP contribution is -2.48. The predicted octanol–water partition coefficient (Wildman–Crippen LogP) is -1.78. The molecule has 1 aromatic rings. The van der Waals surface area contributed by atoms with Gasteiger partial charge in [0.05, 0.1) is 11.1 Å². The van der Waals surface area contributed by atoms with Crippen molar-refractivity contribution in [1.82, 2.24) is 19.4 Å². The number of carbonyl (C=O) groups excluding carboxylic acids is 1. The molecule has 10 nitrogen and oxygen atoms in total. The third-order valence-corrected chi connectivity index (χ3v) is 3.35. The monoisotopic (exact) mass is 297 g/mol. The Balaban J connectivity index is 2.17. The van der Waals surface area contributed by atoms with E-state index < -0.39 is 21.9 Å². The molecule has 10 heteroatoms. The molecule has 1 saturated heterocycles. The maximum atomic E-state index is 12.1. The Labute approximate surface area is 118 Å². The van der Waals surface area contributed by atoms with Crippen LogP contribution >= 0.6 is 0 Å². The second-order valence-corrected chi connectivity index (χ2v) is 4.84. The fourth-order valence-electron chi connectivity index (χ4n) is 2.05. The largest absolute Gasteiger partial charge is 0.350 e. The summed E-state index contributed by atoms with van der Waals surface area (Å²) in [7, 11) is 1.94. The van der Waals surface area contributed by atoms with E-state index in [0.29, 0.717) is 13.1 Å². The molecule has 1 fully saturated rings. The number of hydrogen-bond acceptors (Lipinski definition) is 6. The average molecular weight is 297 g/mol. The summed E-state index contributed by atoms with van der Waals surface area (Å²) in [6.07, 6.45) is 0.801. The van der Waals surface area contributed by atoms with Crippen LogP contribution in [-0.4, -0.2) is 63.4 Å². The third kappa shape index (κ3) is 3.34. The zero-order chi connectivity index (χ0) is 15.6. The molecular weight excluding hydrogens is 282 g/mol. The maximum absolute atomic E-state index is 12.1. The molecule has 0 unspecified atom stereocenters. The van der Waals surface area contributed by atoms with Gasteiger partial charge in [0.25, 0.3) is 0 Å². The van der Waals surface area contributed by atoms with E-state index in [2.05, 4.69) is 4.90 Å². The summed E-state index contributed by atoms with van der Waals surface area (Å²) in [4.78, 5) is 50.2. The molecule has 1 aliphatic rings. The number of aromatic amines is 1. The number of nitrogens with zero attached hydrogens (tertiary/aromatic N) is 4. The van der Waals surface area contributed by atoms with Crippen molar-refractivity contribution in [1.29, 1.82) is 0 Å². The number of rotatable bonds is 3. The molecule has 114 valence electrons. The van der Waals surface area contributed by atoms with Crippen LogP contribution in [0.3, 0.4) is 0 Å². The molecule has 0 aliphatic carbocycles. The van der Waals surface area contributed by atoms with Crippen LogP contribution in [0.4, 0.5) is 5.69 Å². The van der Waals surface area contributed by atoms with Gasteiger partial charge in [0.15, 0.2) is 0 Å². The number of H-pyrrole nitrogens is 1. The summed E-state index contributed by atoms with van der Waals surface area (Å²) in [5, 5.41) is 10.7. The molecule has 0 saturated carbocycles. The molecule has 0 aromatic carbocycles. The van der Waals surface area contributed by atoms with Gasteiger partial charge < -0.3 is 9.80 Å². The molecule has 1 aromatic heterocycles. The summed E-state index contributed by atoms with van der Waals surface area (Å²) in [6, 6.07) is 0. The van der Waals surface area contributed by atoms with E-state index in [0.717, 1.165) is 23.9 Å². The molecule has 21 heavy (non-hydrogen) atoms. The number of carbonyl (C=O) groups is 1. The summed E-state index contributed by atoms with van der Waals surface area (Å²) >= 11 is 0. The highest BCUT2D eigenvalue weighted by Gasteiger charge is 2.21. The van der Waals surface area contributed by atoms with Crippen molar-refractivity contribution in [3.63, 3.8) is 0 Å². The number of amides is 1. The molecule has 0 bridgehead atoms. The van der Waals surface area contributed by atoms with Crippen LogP contribution in [-0.2, 0) is 11.3 Å². The molecule has 2 rings (SSSR count). The number of piperazine rings is 1. The Kier molecular flexibility index (Phi) is 4.17. The van der Waals surface area contributed by atoms with E-state index in [1.807, 2.05) is 12.0 Å². The lowest BCUT2D eigenvalue weighted by atomic mass is 10.3. The first-order valence-corrected chi connectivity index (χ1v) is 6.33. The number of aromatic nitrogens is 2. The summed E-state index contributed by atoms with van der Waals surface area (Å²) < 4.78 is 0.847. The average Bonchev–Trinajstić information content (AvgIpc) is 2.42. The minimum absolute atomic E-state index is 0.313. The van der Waals surface area contributed by atoms with Crippen LogP contribution < -0.4 is 11.2 Å². The molecule has 1 N–H and O–H groups in total. The van der Waals surface area contributed by atoms with Gasteiger partial charge in [-0.05, 0) is 7.05 Å². The topological polar surface area (TPSA) is 122 Å². The Bertz CT molecular complexity index is 670. The van der Waals surface area contributed by atoms with E-state index in [1.54, 1.807) is 4.90 Å². The quantitative estimate of drug-likeness (QED) is 0.520. The molecular formula is C11H15N5O5. The fourth-order valence-corrected chi connectivity index (χ4v) is 2.05. The second-order valence-electron chi connectivity index (χ2n) is 4.84. The van der Waals surface area contributed by atoms with Crippen molar-refractivity contribution in [2.45, 2.75) is 6.54 Å². The number of nitro groups is 1. The van der Waals surface area contributed by atoms with Gasteiger partial charge in [-0.1, -0.05) is 0 Å². The van der Waals surface area contributed by atoms with Crippen molar-refractivity contribution in [2.75, 3.05) is 33.2 Å². The van der Waals surface area contributed by atoms with Gasteiger partial charge in [-0.25, -0.2) is 4.79 Å². The summed E-state index contributed by atoms with van der Waals surface area (Å²) in [5.41, 5.74) is -2.68. The van der Waals surface area contributed by atoms with Crippen molar-refractivity contribution >= 4 is 11.6 Å². The molecule has 0 atom stereocenters. The Morgan fingerprint density at radius 2 is 1.95 bits per heavy atom. The lowest BCUT2D eigenvalue weighted by Gasteiger charge is -2.32. The SMILES string of the molecule is CN1CCN(C(=O)Cn2cc([N+](=O)[O-])c(=O)[nH]c2=O)CC1. The Hall–Kier alpha value is -2.49. The van der Waals surface area contributed by atoms with Crippen molar-refractivity contribution in [2.24, 2.45) is 0 Å². The number of nitrogens with one attached hydrogen (secondary N) is 1. The summed E-state index contributed by atoms with van der Waals surface area (Å²) in [5.74, 6) is -0.313. The smallest absolute Gasteiger partial charge is 0.339 e. The lowest BCUT2D eigenvalue weighted by molar-refractivity contribution is -0.386. The third-order valence-electron chi connectivity index (χ3n) is 3.35. The van der Waals surface area contributed by atoms with Crippen LogP contribution in [0, 0.1) is 10.1 Å². The molecule has 2 heterocycles. The van der Waals surface area contributed by atoms with Gasteiger partial charge in [-0.3, -0.25) is 29.3 Å². The Morgan fingerprint density at radius 1 is 1.33 bits per heavy atom. The van der Waals surface area contributed by atoms with Gasteiger partial charge in [-0.2, -0.15) is 0 Å². The van der Waals surface area contributed by atoms with Gasteiger partial charge in [0, 0.05) is 26.2 Å². The molecule has 1 amide bonds. The predicted molar refractivity (Wildman–Crippen MR) is 72.1 cm³/mol. The normalized spacial score (nSPS) is 16.0. The second kappa shape index (κ2) is 5.87. The van der Waals surface area contributed by atoms with Crippen LogP contribution in [0.15, 0.2) is 15.8 Å². The highest BCUT2D eigenvalue weighted by Crippen LogP contribution is 2.03. The zero-order valence-electron chi connectivity index (χ0n) is 11.4. The first kappa shape index (κ1) is 14.9. The van der Waals surface area contributed by atoms with Crippen LogP contribution in [0.1, 0.15) is 0 Å². The van der Waals surface area contributed by atoms with E-state index in [9.17, 15) is 24.5 Å². The number of hydrogen-bond donors (Lipinski definition) is 1. The van der Waals surface area contributed by atoms with Crippen molar-refractivity contribution in [3.05, 3.63) is 37.1 Å². The maximum Gasteiger partial charge on any atom is 0.350 e. The number of likely N-dealkylation sites (N-methyl/N-ethyl adjacent to an activating group) is 1. The van der Waals surface area contributed by atoms with Gasteiger partial charge >= 0.3 is 16.9 Å². The fraction of sp³-hybridized carbons (Fsp3) is 0.545. The highest BCUT2D eigenvalue weighted by molar-refractivity contribution is 5.76. The van der Waals surface area contributed by atoms with Crippen LogP contribution in [0.2, 0.25) is 0 Å². The molecule has 0 radical (unpaired) electrons. The van der Waals surface area contributed by atoms with Gasteiger partial charge in [-0.15, -0.1) is 0 Å². The van der Waals surface area contributed by atoms with Crippen molar-refractivity contribution < 1.29 is 9.72 Å². The minimum Gasteiger partial charge on any atom is -0.339 e. The van der Waals surface area contributed by atoms with Gasteiger partial charge in [0.2, 0.25) is 5.91 Å². The first-order chi connectivity index (χ1) is 9.88. The highest BCUT2D eigenvalue weighted by atomic mass is 16.6.